The number of rotatable bonds is 8. The Hall–Kier alpha value is -2.16. The quantitative estimate of drug-likeness (QED) is 0.279. The molecule has 8 heteroatoms. The molecule has 1 aliphatic heterocycles. The van der Waals surface area contributed by atoms with Crippen LogP contribution in [0.3, 0.4) is 0 Å². The third-order valence-electron chi connectivity index (χ3n) is 4.36. The highest BCUT2D eigenvalue weighted by Crippen LogP contribution is 2.35. The van der Waals surface area contributed by atoms with Gasteiger partial charge in [0.25, 0.3) is 5.91 Å². The summed E-state index contributed by atoms with van der Waals surface area (Å²) < 4.78 is 12.0. The van der Waals surface area contributed by atoms with Crippen LogP contribution in [0.5, 0.6) is 5.75 Å². The highest BCUT2D eigenvalue weighted by atomic mass is 79.9. The normalized spacial score (nSPS) is 15.0. The summed E-state index contributed by atoms with van der Waals surface area (Å²) in [5, 5.41) is 0. The van der Waals surface area contributed by atoms with E-state index in [4.69, 9.17) is 17.0 Å². The van der Waals surface area contributed by atoms with Gasteiger partial charge in [-0.25, -0.2) is 0 Å². The zero-order valence-electron chi connectivity index (χ0n) is 16.3. The molecule has 3 rings (SSSR count). The third kappa shape index (κ3) is 5.93. The molecular formula is C22H20BrNO4S2. The van der Waals surface area contributed by atoms with E-state index in [-0.39, 0.29) is 18.3 Å². The van der Waals surface area contributed by atoms with E-state index in [0.29, 0.717) is 34.5 Å². The molecule has 0 unspecified atom stereocenters. The summed E-state index contributed by atoms with van der Waals surface area (Å²) in [6, 6.07) is 15.6. The maximum absolute atomic E-state index is 12.8. The van der Waals surface area contributed by atoms with Gasteiger partial charge in [-0.15, -0.1) is 0 Å². The van der Waals surface area contributed by atoms with E-state index < -0.39 is 0 Å². The maximum Gasteiger partial charge on any atom is 0.305 e. The van der Waals surface area contributed by atoms with E-state index in [0.717, 1.165) is 15.6 Å². The summed E-state index contributed by atoms with van der Waals surface area (Å²) >= 11 is 10.1. The van der Waals surface area contributed by atoms with Crippen molar-refractivity contribution >= 4 is 62.2 Å². The fourth-order valence-electron chi connectivity index (χ4n) is 2.82. The van der Waals surface area contributed by atoms with Crippen LogP contribution in [0.25, 0.3) is 6.08 Å². The number of nitrogens with zero attached hydrogens (tertiary/aromatic N) is 1. The Morgan fingerprint density at radius 2 is 2.00 bits per heavy atom. The molecule has 156 valence electrons. The molecule has 0 bridgehead atoms. The van der Waals surface area contributed by atoms with Crippen molar-refractivity contribution in [3.8, 4) is 5.75 Å². The molecule has 0 N–H and O–H groups in total. The van der Waals surface area contributed by atoms with Crippen LogP contribution in [-0.2, 0) is 20.9 Å². The van der Waals surface area contributed by atoms with Crippen molar-refractivity contribution in [3.05, 3.63) is 69.0 Å². The second kappa shape index (κ2) is 10.7. The molecule has 1 heterocycles. The third-order valence-corrected chi connectivity index (χ3v) is 6.23. The van der Waals surface area contributed by atoms with Crippen LogP contribution >= 0.6 is 39.9 Å². The molecule has 0 radical (unpaired) electrons. The van der Waals surface area contributed by atoms with Crippen molar-refractivity contribution in [1.29, 1.82) is 0 Å². The lowest BCUT2D eigenvalue weighted by Crippen LogP contribution is -2.29. The molecule has 2 aromatic carbocycles. The molecule has 1 fully saturated rings. The van der Waals surface area contributed by atoms with E-state index in [9.17, 15) is 9.59 Å². The van der Waals surface area contributed by atoms with E-state index in [1.54, 1.807) is 6.08 Å². The smallest absolute Gasteiger partial charge is 0.305 e. The average molecular weight is 506 g/mol. The zero-order chi connectivity index (χ0) is 21.5. The first-order chi connectivity index (χ1) is 14.5. The van der Waals surface area contributed by atoms with Crippen molar-refractivity contribution in [2.45, 2.75) is 19.4 Å². The number of benzene rings is 2. The van der Waals surface area contributed by atoms with Gasteiger partial charge in [0.1, 0.15) is 16.7 Å². The van der Waals surface area contributed by atoms with Crippen molar-refractivity contribution < 1.29 is 19.1 Å². The fourth-order valence-corrected chi connectivity index (χ4v) is 4.49. The lowest BCUT2D eigenvalue weighted by Gasteiger charge is -2.13. The van der Waals surface area contributed by atoms with Crippen LogP contribution < -0.4 is 4.74 Å². The summed E-state index contributed by atoms with van der Waals surface area (Å²) in [5.74, 6) is 0.215. The number of esters is 1. The van der Waals surface area contributed by atoms with Gasteiger partial charge >= 0.3 is 5.97 Å². The number of hydrogen-bond donors (Lipinski definition) is 0. The van der Waals surface area contributed by atoms with Gasteiger partial charge in [-0.3, -0.25) is 14.5 Å². The molecule has 0 spiro atoms. The molecule has 2 aromatic rings. The predicted octanol–water partition coefficient (Wildman–Crippen LogP) is 5.18. The van der Waals surface area contributed by atoms with Crippen LogP contribution in [0.15, 0.2) is 57.9 Å². The minimum Gasteiger partial charge on any atom is -0.488 e. The lowest BCUT2D eigenvalue weighted by atomic mass is 10.1. The van der Waals surface area contributed by atoms with Crippen LogP contribution in [0.4, 0.5) is 0 Å². The number of thioether (sulfide) groups is 1. The Morgan fingerprint density at radius 3 is 2.73 bits per heavy atom. The second-order valence-electron chi connectivity index (χ2n) is 6.47. The van der Waals surface area contributed by atoms with Gasteiger partial charge in [0.15, 0.2) is 0 Å². The number of carbonyl (C=O) groups excluding carboxylic acids is 2. The predicted molar refractivity (Wildman–Crippen MR) is 126 cm³/mol. The topological polar surface area (TPSA) is 55.8 Å². The van der Waals surface area contributed by atoms with Gasteiger partial charge in [0, 0.05) is 23.0 Å². The van der Waals surface area contributed by atoms with Crippen molar-refractivity contribution in [3.63, 3.8) is 0 Å². The number of amides is 1. The Bertz CT molecular complexity index is 978. The number of carbonyl (C=O) groups is 2. The first-order valence-electron chi connectivity index (χ1n) is 9.26. The molecular weight excluding hydrogens is 486 g/mol. The molecule has 0 aromatic heterocycles. The Morgan fingerprint density at radius 1 is 1.23 bits per heavy atom. The minimum absolute atomic E-state index is 0.163. The number of thiocarbonyl (C=S) groups is 1. The summed E-state index contributed by atoms with van der Waals surface area (Å²) in [4.78, 5) is 26.2. The van der Waals surface area contributed by atoms with Crippen molar-refractivity contribution in [2.24, 2.45) is 0 Å². The summed E-state index contributed by atoms with van der Waals surface area (Å²) in [6.45, 7) is 0.810. The molecule has 1 aliphatic rings. The number of methoxy groups -OCH3 is 1. The van der Waals surface area contributed by atoms with E-state index in [1.807, 2.05) is 48.5 Å². The van der Waals surface area contributed by atoms with Crippen molar-refractivity contribution in [1.82, 2.24) is 4.90 Å². The van der Waals surface area contributed by atoms with Crippen LogP contribution in [0.1, 0.15) is 24.0 Å². The molecule has 0 atom stereocenters. The SMILES string of the molecule is COC(=O)CCCN1C(=O)/C(=C/c2cc(Br)ccc2OCc2ccccc2)SC1=S. The molecule has 5 nitrogen and oxygen atoms in total. The molecule has 0 aliphatic carbocycles. The fraction of sp³-hybridized carbons (Fsp3) is 0.227. The summed E-state index contributed by atoms with van der Waals surface area (Å²) in [6.07, 6.45) is 2.54. The summed E-state index contributed by atoms with van der Waals surface area (Å²) in [7, 11) is 1.35. The van der Waals surface area contributed by atoms with Crippen LogP contribution in [0, 0.1) is 0 Å². The maximum atomic E-state index is 12.8. The van der Waals surface area contributed by atoms with E-state index in [1.165, 1.54) is 23.8 Å². The largest absolute Gasteiger partial charge is 0.488 e. The molecule has 1 amide bonds. The number of ether oxygens (including phenoxy) is 2. The molecule has 0 saturated carbocycles. The van der Waals surface area contributed by atoms with Gasteiger partial charge in [0.05, 0.1) is 12.0 Å². The summed E-state index contributed by atoms with van der Waals surface area (Å²) in [5.41, 5.74) is 1.85. The average Bonchev–Trinajstić information content (AvgIpc) is 3.01. The molecule has 1 saturated heterocycles. The first kappa shape index (κ1) is 22.5. The van der Waals surface area contributed by atoms with Gasteiger partial charge < -0.3 is 9.47 Å². The van der Waals surface area contributed by atoms with Crippen LogP contribution in [-0.4, -0.2) is 34.8 Å². The standard InChI is InChI=1S/C22H20BrNO4S2/c1-27-20(25)8-5-11-24-21(26)19(30-22(24)29)13-16-12-17(23)9-10-18(16)28-14-15-6-3-2-4-7-15/h2-4,6-7,9-10,12-13H,5,8,11,14H2,1H3/b19-13-. The monoisotopic (exact) mass is 505 g/mol. The highest BCUT2D eigenvalue weighted by Gasteiger charge is 2.32. The zero-order valence-corrected chi connectivity index (χ0v) is 19.5. The van der Waals surface area contributed by atoms with Crippen molar-refractivity contribution in [2.75, 3.05) is 13.7 Å². The highest BCUT2D eigenvalue weighted by molar-refractivity contribution is 9.10. The van der Waals surface area contributed by atoms with Gasteiger partial charge in [-0.2, -0.15) is 0 Å². The van der Waals surface area contributed by atoms with Gasteiger partial charge in [-0.05, 0) is 36.3 Å². The minimum atomic E-state index is -0.301. The molecule has 30 heavy (non-hydrogen) atoms. The first-order valence-corrected chi connectivity index (χ1v) is 11.3. The van der Waals surface area contributed by atoms with E-state index >= 15 is 0 Å². The number of halogens is 1. The van der Waals surface area contributed by atoms with Gasteiger partial charge in [-0.1, -0.05) is 70.2 Å². The number of hydrogen-bond acceptors (Lipinski definition) is 6. The van der Waals surface area contributed by atoms with E-state index in [2.05, 4.69) is 20.7 Å². The Labute approximate surface area is 193 Å². The lowest BCUT2D eigenvalue weighted by molar-refractivity contribution is -0.141. The van der Waals surface area contributed by atoms with Gasteiger partial charge in [0.2, 0.25) is 0 Å². The second-order valence-corrected chi connectivity index (χ2v) is 9.06. The Kier molecular flexibility index (Phi) is 8.07. The van der Waals surface area contributed by atoms with Crippen LogP contribution in [0.2, 0.25) is 0 Å². The Balaban J connectivity index is 1.73.